The Bertz CT molecular complexity index is 1190. The third-order valence-corrected chi connectivity index (χ3v) is 6.72. The second kappa shape index (κ2) is 11.7. The summed E-state index contributed by atoms with van der Waals surface area (Å²) in [7, 11) is 3.14. The largest absolute Gasteiger partial charge is 0.507 e. The van der Waals surface area contributed by atoms with Gasteiger partial charge in [0.25, 0.3) is 11.7 Å². The minimum atomic E-state index is -0.779. The number of ether oxygens (including phenoxy) is 4. The molecule has 0 spiro atoms. The molecule has 0 saturated carbocycles. The first kappa shape index (κ1) is 26.5. The summed E-state index contributed by atoms with van der Waals surface area (Å²) >= 11 is 0. The lowest BCUT2D eigenvalue weighted by Gasteiger charge is -2.26. The van der Waals surface area contributed by atoms with Crippen molar-refractivity contribution in [1.29, 1.82) is 0 Å². The van der Waals surface area contributed by atoms with Gasteiger partial charge in [0.1, 0.15) is 17.6 Å². The number of likely N-dealkylation sites (tertiary alicyclic amines) is 1. The smallest absolute Gasteiger partial charge is 0.295 e. The summed E-state index contributed by atoms with van der Waals surface area (Å²) in [4.78, 5) is 28.0. The molecule has 1 amide bonds. The van der Waals surface area contributed by atoms with E-state index in [1.165, 1.54) is 4.90 Å². The minimum absolute atomic E-state index is 0.0456. The quantitative estimate of drug-likeness (QED) is 0.204. The molecule has 37 heavy (non-hydrogen) atoms. The highest BCUT2D eigenvalue weighted by molar-refractivity contribution is 6.46. The number of ketones is 1. The van der Waals surface area contributed by atoms with E-state index in [1.54, 1.807) is 38.5 Å². The topological polar surface area (TPSA) is 94.5 Å². The standard InChI is InChI=1S/C29H35NO7/c1-5-6-14-36-23-11-8-19(17-24(23)35-4)26-25(28(32)29(33)30(26)12-7-13-34-3)27(31)20-9-10-22-21(16-20)15-18(2)37-22/h8-11,16-18,26,31H,5-7,12-15H2,1-4H3/t18-,26-/m1/s1. The molecule has 0 radical (unpaired) electrons. The van der Waals surface area contributed by atoms with Crippen molar-refractivity contribution < 1.29 is 33.6 Å². The first-order chi connectivity index (χ1) is 17.9. The molecule has 0 bridgehead atoms. The molecule has 0 aromatic heterocycles. The van der Waals surface area contributed by atoms with Gasteiger partial charge in [-0.15, -0.1) is 0 Å². The van der Waals surface area contributed by atoms with E-state index in [1.807, 2.05) is 19.1 Å². The molecule has 198 valence electrons. The van der Waals surface area contributed by atoms with Gasteiger partial charge in [-0.05, 0) is 61.2 Å². The van der Waals surface area contributed by atoms with Crippen LogP contribution in [0.1, 0.15) is 55.8 Å². The molecular weight excluding hydrogens is 474 g/mol. The number of carbonyl (C=O) groups is 2. The molecular formula is C29H35NO7. The normalized spacial score (nSPS) is 20.2. The molecule has 4 rings (SSSR count). The maximum absolute atomic E-state index is 13.3. The molecule has 8 heteroatoms. The highest BCUT2D eigenvalue weighted by atomic mass is 16.5. The molecule has 2 aromatic carbocycles. The number of Topliss-reactive ketones (excluding diaryl/α,β-unsaturated/α-hetero) is 1. The zero-order valence-electron chi connectivity index (χ0n) is 21.9. The van der Waals surface area contributed by atoms with Crippen LogP contribution in [0.2, 0.25) is 0 Å². The monoisotopic (exact) mass is 509 g/mol. The average Bonchev–Trinajstić information content (AvgIpc) is 3.39. The SMILES string of the molecule is CCCCOc1ccc([C@@H]2C(=C(O)c3ccc4c(c3)C[C@@H](C)O4)C(=O)C(=O)N2CCCOC)cc1OC. The Balaban J connectivity index is 1.78. The van der Waals surface area contributed by atoms with Gasteiger partial charge in [-0.25, -0.2) is 0 Å². The fraction of sp³-hybridized carbons (Fsp3) is 0.448. The molecule has 2 atom stereocenters. The van der Waals surface area contributed by atoms with Crippen molar-refractivity contribution in [1.82, 2.24) is 4.90 Å². The summed E-state index contributed by atoms with van der Waals surface area (Å²) in [6.45, 7) is 5.36. The summed E-state index contributed by atoms with van der Waals surface area (Å²) in [5.74, 6) is 0.282. The fourth-order valence-electron chi connectivity index (χ4n) is 4.86. The predicted octanol–water partition coefficient (Wildman–Crippen LogP) is 4.66. The second-order valence-electron chi connectivity index (χ2n) is 9.41. The maximum atomic E-state index is 13.3. The molecule has 1 N–H and O–H groups in total. The van der Waals surface area contributed by atoms with E-state index in [-0.39, 0.29) is 17.4 Å². The maximum Gasteiger partial charge on any atom is 0.295 e. The van der Waals surface area contributed by atoms with Crippen LogP contribution in [0.25, 0.3) is 5.76 Å². The van der Waals surface area contributed by atoms with Crippen molar-refractivity contribution in [2.45, 2.75) is 51.7 Å². The van der Waals surface area contributed by atoms with Crippen LogP contribution in [-0.2, 0) is 20.7 Å². The summed E-state index contributed by atoms with van der Waals surface area (Å²) in [6.07, 6.45) is 3.22. The summed E-state index contributed by atoms with van der Waals surface area (Å²) in [6, 6.07) is 9.93. The van der Waals surface area contributed by atoms with Gasteiger partial charge in [-0.3, -0.25) is 9.59 Å². The lowest BCUT2D eigenvalue weighted by Crippen LogP contribution is -2.31. The number of aliphatic hydroxyl groups excluding tert-OH is 1. The van der Waals surface area contributed by atoms with Crippen LogP contribution in [0.15, 0.2) is 42.0 Å². The van der Waals surface area contributed by atoms with Gasteiger partial charge in [-0.2, -0.15) is 0 Å². The van der Waals surface area contributed by atoms with Crippen LogP contribution in [0, 0.1) is 0 Å². The number of hydrogen-bond donors (Lipinski definition) is 1. The Hall–Kier alpha value is -3.52. The van der Waals surface area contributed by atoms with Crippen molar-refractivity contribution in [3.8, 4) is 17.2 Å². The predicted molar refractivity (Wildman–Crippen MR) is 139 cm³/mol. The third kappa shape index (κ3) is 5.44. The van der Waals surface area contributed by atoms with Gasteiger partial charge in [-0.1, -0.05) is 19.4 Å². The Morgan fingerprint density at radius 2 is 1.89 bits per heavy atom. The van der Waals surface area contributed by atoms with E-state index in [4.69, 9.17) is 18.9 Å². The summed E-state index contributed by atoms with van der Waals surface area (Å²) in [5, 5.41) is 11.4. The second-order valence-corrected chi connectivity index (χ2v) is 9.41. The molecule has 1 saturated heterocycles. The van der Waals surface area contributed by atoms with Crippen molar-refractivity contribution in [2.75, 3.05) is 34.0 Å². The summed E-state index contributed by atoms with van der Waals surface area (Å²) in [5.41, 5.74) is 2.13. The number of unbranched alkanes of at least 4 members (excludes halogenated alkanes) is 1. The molecule has 2 aliphatic heterocycles. The van der Waals surface area contributed by atoms with Crippen LogP contribution < -0.4 is 14.2 Å². The van der Waals surface area contributed by atoms with Crippen molar-refractivity contribution in [3.05, 3.63) is 58.7 Å². The number of amides is 1. The van der Waals surface area contributed by atoms with Gasteiger partial charge in [0.15, 0.2) is 11.5 Å². The molecule has 2 heterocycles. The lowest BCUT2D eigenvalue weighted by molar-refractivity contribution is -0.140. The van der Waals surface area contributed by atoms with E-state index in [0.29, 0.717) is 55.2 Å². The van der Waals surface area contributed by atoms with E-state index in [2.05, 4.69) is 6.92 Å². The van der Waals surface area contributed by atoms with E-state index < -0.39 is 17.7 Å². The first-order valence-corrected chi connectivity index (χ1v) is 12.8. The Kier molecular flexibility index (Phi) is 8.38. The molecule has 2 aliphatic rings. The molecule has 1 fully saturated rings. The van der Waals surface area contributed by atoms with Crippen LogP contribution in [-0.4, -0.2) is 61.8 Å². The number of carbonyl (C=O) groups excluding carboxylic acids is 2. The van der Waals surface area contributed by atoms with Crippen molar-refractivity contribution in [3.63, 3.8) is 0 Å². The summed E-state index contributed by atoms with van der Waals surface area (Å²) < 4.78 is 22.4. The highest BCUT2D eigenvalue weighted by Gasteiger charge is 2.46. The van der Waals surface area contributed by atoms with E-state index in [0.717, 1.165) is 24.2 Å². The third-order valence-electron chi connectivity index (χ3n) is 6.72. The highest BCUT2D eigenvalue weighted by Crippen LogP contribution is 2.42. The first-order valence-electron chi connectivity index (χ1n) is 12.8. The number of nitrogens with zero attached hydrogens (tertiary/aromatic N) is 1. The minimum Gasteiger partial charge on any atom is -0.507 e. The Labute approximate surface area is 217 Å². The van der Waals surface area contributed by atoms with Gasteiger partial charge < -0.3 is 29.0 Å². The number of rotatable bonds is 11. The van der Waals surface area contributed by atoms with E-state index in [9.17, 15) is 14.7 Å². The molecule has 0 unspecified atom stereocenters. The number of benzene rings is 2. The molecule has 0 aliphatic carbocycles. The number of fused-ring (bicyclic) bond motifs is 1. The van der Waals surface area contributed by atoms with Crippen LogP contribution in [0.3, 0.4) is 0 Å². The zero-order valence-corrected chi connectivity index (χ0v) is 21.9. The number of hydrogen-bond acceptors (Lipinski definition) is 7. The number of methoxy groups -OCH3 is 2. The van der Waals surface area contributed by atoms with Crippen molar-refractivity contribution >= 4 is 17.4 Å². The van der Waals surface area contributed by atoms with Crippen LogP contribution >= 0.6 is 0 Å². The van der Waals surface area contributed by atoms with Crippen molar-refractivity contribution in [2.24, 2.45) is 0 Å². The van der Waals surface area contributed by atoms with Crippen LogP contribution in [0.5, 0.6) is 17.2 Å². The van der Waals surface area contributed by atoms with Crippen LogP contribution in [0.4, 0.5) is 0 Å². The molecule has 2 aromatic rings. The Morgan fingerprint density at radius 3 is 2.62 bits per heavy atom. The molecule has 8 nitrogen and oxygen atoms in total. The lowest BCUT2D eigenvalue weighted by atomic mass is 9.94. The number of aliphatic hydroxyl groups is 1. The van der Waals surface area contributed by atoms with E-state index >= 15 is 0 Å². The Morgan fingerprint density at radius 1 is 1.08 bits per heavy atom. The zero-order chi connectivity index (χ0) is 26.5. The average molecular weight is 510 g/mol. The fourth-order valence-corrected chi connectivity index (χ4v) is 4.86. The van der Waals surface area contributed by atoms with Gasteiger partial charge in [0, 0.05) is 32.2 Å². The van der Waals surface area contributed by atoms with Gasteiger partial charge >= 0.3 is 0 Å². The van der Waals surface area contributed by atoms with Gasteiger partial charge in [0.05, 0.1) is 25.3 Å². The van der Waals surface area contributed by atoms with Gasteiger partial charge in [0.2, 0.25) is 0 Å².